The quantitative estimate of drug-likeness (QED) is 0.748. The van der Waals surface area contributed by atoms with Crippen molar-refractivity contribution < 1.29 is 17.6 Å². The van der Waals surface area contributed by atoms with E-state index < -0.39 is 26.7 Å². The maximum absolute atomic E-state index is 12.3. The molecule has 0 unspecified atom stereocenters. The summed E-state index contributed by atoms with van der Waals surface area (Å²) >= 11 is 17.2. The fraction of sp³-hybridized carbons (Fsp3) is 0.250. The van der Waals surface area contributed by atoms with Crippen molar-refractivity contribution in [2.45, 2.75) is 17.5 Å². The van der Waals surface area contributed by atoms with E-state index in [4.69, 9.17) is 39.2 Å². The van der Waals surface area contributed by atoms with Crippen LogP contribution in [0.2, 0.25) is 10.0 Å². The molecule has 7 nitrogen and oxygen atoms in total. The summed E-state index contributed by atoms with van der Waals surface area (Å²) in [5, 5.41) is 9.26. The Hall–Kier alpha value is -1.35. The summed E-state index contributed by atoms with van der Waals surface area (Å²) in [6, 6.07) is 4.66. The number of carbonyl (C=O) groups excluding carboxylic acids is 1. The monoisotopic (exact) mass is 397 g/mol. The molecule has 1 heterocycles. The third kappa shape index (κ3) is 4.57. The third-order valence-electron chi connectivity index (χ3n) is 2.67. The van der Waals surface area contributed by atoms with Gasteiger partial charge in [0.2, 0.25) is 21.6 Å². The predicted molar refractivity (Wildman–Crippen MR) is 84.2 cm³/mol. The molecular weight excluding hydrogens is 389 g/mol. The average molecular weight is 399 g/mol. The van der Waals surface area contributed by atoms with Gasteiger partial charge in [-0.05, 0) is 12.1 Å². The number of carbonyl (C=O) groups is 1. The number of alkyl halides is 1. The Morgan fingerprint density at radius 3 is 2.48 bits per heavy atom. The van der Waals surface area contributed by atoms with E-state index in [1.807, 2.05) is 0 Å². The van der Waals surface area contributed by atoms with E-state index in [9.17, 15) is 13.2 Å². The van der Waals surface area contributed by atoms with Crippen LogP contribution in [0.5, 0.6) is 0 Å². The highest BCUT2D eigenvalue weighted by Gasteiger charge is 2.25. The van der Waals surface area contributed by atoms with Crippen LogP contribution >= 0.6 is 34.8 Å². The molecule has 2 aromatic rings. The Morgan fingerprint density at radius 2 is 1.87 bits per heavy atom. The molecule has 1 aromatic heterocycles. The Balaban J connectivity index is 2.17. The van der Waals surface area contributed by atoms with Crippen molar-refractivity contribution >= 4 is 50.5 Å². The van der Waals surface area contributed by atoms with Gasteiger partial charge in [0.25, 0.3) is 0 Å². The molecule has 23 heavy (non-hydrogen) atoms. The maximum Gasteiger partial charge on any atom is 0.335 e. The molecule has 124 valence electrons. The summed E-state index contributed by atoms with van der Waals surface area (Å²) in [7, 11) is -3.93. The molecule has 0 saturated carbocycles. The first kappa shape index (κ1) is 18.0. The number of hydrogen-bond acceptors (Lipinski definition) is 6. The molecule has 0 aliphatic heterocycles. The molecular formula is C12H10Cl3N3O4S. The lowest BCUT2D eigenvalue weighted by atomic mass is 10.2. The minimum absolute atomic E-state index is 0.0627. The van der Waals surface area contributed by atoms with E-state index in [-0.39, 0.29) is 33.9 Å². The van der Waals surface area contributed by atoms with Gasteiger partial charge in [-0.15, -0.1) is 16.7 Å². The van der Waals surface area contributed by atoms with E-state index in [1.165, 1.54) is 12.1 Å². The van der Waals surface area contributed by atoms with Gasteiger partial charge in [-0.2, -0.15) is 0 Å². The lowest BCUT2D eigenvalue weighted by molar-refractivity contribution is -0.118. The first-order valence-electron chi connectivity index (χ1n) is 6.14. The second-order valence-electron chi connectivity index (χ2n) is 4.33. The normalized spacial score (nSPS) is 11.4. The van der Waals surface area contributed by atoms with Crippen LogP contribution in [0.1, 0.15) is 11.5 Å². The van der Waals surface area contributed by atoms with Crippen molar-refractivity contribution in [3.05, 3.63) is 39.7 Å². The summed E-state index contributed by atoms with van der Waals surface area (Å²) in [5.41, 5.74) is 0.242. The third-order valence-corrected chi connectivity index (χ3v) is 4.99. The van der Waals surface area contributed by atoms with Crippen molar-refractivity contribution in [3.8, 4) is 0 Å². The molecule has 0 aliphatic carbocycles. The van der Waals surface area contributed by atoms with Crippen molar-refractivity contribution in [3.63, 3.8) is 0 Å². The molecule has 1 aromatic carbocycles. The molecule has 0 aliphatic rings. The summed E-state index contributed by atoms with van der Waals surface area (Å²) in [6.45, 7) is -0.124. The number of sulfone groups is 1. The Morgan fingerprint density at radius 1 is 1.22 bits per heavy atom. The van der Waals surface area contributed by atoms with Gasteiger partial charge in [0.1, 0.15) is 5.88 Å². The van der Waals surface area contributed by atoms with E-state index in [0.29, 0.717) is 0 Å². The van der Waals surface area contributed by atoms with E-state index in [0.717, 1.165) is 0 Å². The van der Waals surface area contributed by atoms with Crippen LogP contribution in [0.4, 0.5) is 0 Å². The van der Waals surface area contributed by atoms with Crippen LogP contribution in [-0.4, -0.2) is 30.4 Å². The van der Waals surface area contributed by atoms with Crippen molar-refractivity contribution in [1.82, 2.24) is 15.5 Å². The zero-order chi connectivity index (χ0) is 17.0. The minimum atomic E-state index is -3.93. The molecule has 0 saturated heterocycles. The van der Waals surface area contributed by atoms with Crippen molar-refractivity contribution in [2.75, 3.05) is 5.88 Å². The van der Waals surface area contributed by atoms with Gasteiger partial charge in [0, 0.05) is 15.6 Å². The van der Waals surface area contributed by atoms with Gasteiger partial charge in [0.15, 0.2) is 0 Å². The smallest absolute Gasteiger partial charge is 0.335 e. The largest absolute Gasteiger partial charge is 0.411 e. The second-order valence-corrected chi connectivity index (χ2v) is 7.28. The topological polar surface area (TPSA) is 102 Å². The van der Waals surface area contributed by atoms with Gasteiger partial charge in [-0.25, -0.2) is 8.42 Å². The number of hydrogen-bond donors (Lipinski definition) is 1. The lowest BCUT2D eigenvalue weighted by Crippen LogP contribution is -2.23. The van der Waals surface area contributed by atoms with Gasteiger partial charge in [-0.3, -0.25) is 4.79 Å². The van der Waals surface area contributed by atoms with Gasteiger partial charge < -0.3 is 9.73 Å². The van der Waals surface area contributed by atoms with Crippen LogP contribution in [0.25, 0.3) is 0 Å². The maximum atomic E-state index is 12.3. The first-order valence-corrected chi connectivity index (χ1v) is 9.08. The van der Waals surface area contributed by atoms with Crippen LogP contribution in [0, 0.1) is 0 Å². The SMILES string of the molecule is O=C(CCl)NCc1nnc(S(=O)(=O)Cc2c(Cl)cccc2Cl)o1. The molecule has 0 atom stereocenters. The predicted octanol–water partition coefficient (Wildman–Crippen LogP) is 2.21. The molecule has 0 fully saturated rings. The van der Waals surface area contributed by atoms with Crippen LogP contribution in [-0.2, 0) is 26.9 Å². The fourth-order valence-corrected chi connectivity index (χ4v) is 3.57. The zero-order valence-electron chi connectivity index (χ0n) is 11.4. The van der Waals surface area contributed by atoms with E-state index in [2.05, 4.69) is 15.5 Å². The molecule has 0 spiro atoms. The summed E-state index contributed by atoms with van der Waals surface area (Å²) in [5.74, 6) is -1.23. The first-order chi connectivity index (χ1) is 10.8. The number of nitrogens with zero attached hydrogens (tertiary/aromatic N) is 2. The molecule has 2 rings (SSSR count). The number of nitrogens with one attached hydrogen (secondary N) is 1. The van der Waals surface area contributed by atoms with E-state index in [1.54, 1.807) is 6.07 Å². The molecule has 0 bridgehead atoms. The minimum Gasteiger partial charge on any atom is -0.411 e. The average Bonchev–Trinajstić information content (AvgIpc) is 2.98. The number of aromatic nitrogens is 2. The molecule has 1 amide bonds. The molecule has 1 N–H and O–H groups in total. The van der Waals surface area contributed by atoms with Crippen LogP contribution in [0.15, 0.2) is 27.8 Å². The Labute approximate surface area is 146 Å². The van der Waals surface area contributed by atoms with Crippen molar-refractivity contribution in [2.24, 2.45) is 0 Å². The van der Waals surface area contributed by atoms with Crippen LogP contribution in [0.3, 0.4) is 0 Å². The Bertz CT molecular complexity index is 802. The highest BCUT2D eigenvalue weighted by molar-refractivity contribution is 7.90. The van der Waals surface area contributed by atoms with Gasteiger partial charge >= 0.3 is 5.22 Å². The highest BCUT2D eigenvalue weighted by Crippen LogP contribution is 2.28. The number of benzene rings is 1. The Kier molecular flexibility index (Phi) is 5.85. The summed E-state index contributed by atoms with van der Waals surface area (Å²) in [6.07, 6.45) is 0. The lowest BCUT2D eigenvalue weighted by Gasteiger charge is -2.05. The van der Waals surface area contributed by atoms with Crippen LogP contribution < -0.4 is 5.32 Å². The second kappa shape index (κ2) is 7.48. The number of amides is 1. The fourth-order valence-electron chi connectivity index (χ4n) is 1.58. The molecule has 0 radical (unpaired) electrons. The van der Waals surface area contributed by atoms with Gasteiger partial charge in [0.05, 0.1) is 12.3 Å². The highest BCUT2D eigenvalue weighted by atomic mass is 35.5. The standard InChI is InChI=1S/C12H10Cl3N3O4S/c13-4-10(19)16-5-11-17-18-12(22-11)23(20,21)6-7-8(14)2-1-3-9(7)15/h1-3H,4-6H2,(H,16,19). The van der Waals surface area contributed by atoms with Gasteiger partial charge in [-0.1, -0.05) is 34.4 Å². The van der Waals surface area contributed by atoms with Crippen molar-refractivity contribution in [1.29, 1.82) is 0 Å². The summed E-state index contributed by atoms with van der Waals surface area (Å²) < 4.78 is 29.6. The summed E-state index contributed by atoms with van der Waals surface area (Å²) in [4.78, 5) is 11.0. The zero-order valence-corrected chi connectivity index (χ0v) is 14.5. The molecule has 11 heteroatoms. The number of rotatable bonds is 6. The van der Waals surface area contributed by atoms with E-state index >= 15 is 0 Å². The number of halogens is 3.